The van der Waals surface area contributed by atoms with E-state index in [0.29, 0.717) is 25.7 Å². The summed E-state index contributed by atoms with van der Waals surface area (Å²) in [7, 11) is -9.92. The Hall–Kier alpha value is -1.94. The van der Waals surface area contributed by atoms with Crippen LogP contribution in [0.3, 0.4) is 0 Å². The first kappa shape index (κ1) is 104. The maximum Gasteiger partial charge on any atom is 0.472 e. The minimum atomic E-state index is -4.96. The van der Waals surface area contributed by atoms with E-state index in [1.165, 1.54) is 295 Å². The van der Waals surface area contributed by atoms with Crippen molar-refractivity contribution in [1.82, 2.24) is 0 Å². The molecule has 0 aromatic heterocycles. The summed E-state index contributed by atoms with van der Waals surface area (Å²) >= 11 is 0. The topological polar surface area (TPSA) is 237 Å². The number of carbonyl (C=O) groups is 4. The van der Waals surface area contributed by atoms with Crippen molar-refractivity contribution in [3.8, 4) is 0 Å². The van der Waals surface area contributed by atoms with Gasteiger partial charge in [-0.3, -0.25) is 37.3 Å². The molecule has 19 heteroatoms. The first-order chi connectivity index (χ1) is 51.7. The highest BCUT2D eigenvalue weighted by Crippen LogP contribution is 2.45. The lowest BCUT2D eigenvalue weighted by molar-refractivity contribution is -0.161. The van der Waals surface area contributed by atoms with Gasteiger partial charge in [-0.1, -0.05) is 426 Å². The highest BCUT2D eigenvalue weighted by atomic mass is 31.2. The zero-order valence-electron chi connectivity index (χ0n) is 69.4. The molecular weight excluding hydrogens is 1380 g/mol. The highest BCUT2D eigenvalue weighted by molar-refractivity contribution is 7.47. The fourth-order valence-electron chi connectivity index (χ4n) is 13.7. The predicted molar refractivity (Wildman–Crippen MR) is 437 cm³/mol. The number of rotatable bonds is 88. The van der Waals surface area contributed by atoms with Gasteiger partial charge >= 0.3 is 39.5 Å². The van der Waals surface area contributed by atoms with Gasteiger partial charge in [-0.15, -0.1) is 0 Å². The number of aliphatic hydroxyl groups excluding tert-OH is 1. The van der Waals surface area contributed by atoms with Crippen LogP contribution in [0.1, 0.15) is 477 Å². The Morgan fingerprint density at radius 3 is 0.557 bits per heavy atom. The summed E-state index contributed by atoms with van der Waals surface area (Å²) in [5.41, 5.74) is 0. The number of phosphoric acid groups is 2. The molecule has 0 saturated heterocycles. The van der Waals surface area contributed by atoms with Gasteiger partial charge in [0.15, 0.2) is 12.2 Å². The van der Waals surface area contributed by atoms with Crippen molar-refractivity contribution in [3.63, 3.8) is 0 Å². The van der Waals surface area contributed by atoms with Gasteiger partial charge in [0.1, 0.15) is 19.3 Å². The molecule has 0 amide bonds. The van der Waals surface area contributed by atoms with Gasteiger partial charge in [0, 0.05) is 25.7 Å². The lowest BCUT2D eigenvalue weighted by Gasteiger charge is -2.21. The standard InChI is InChI=1S/C87H170O17P2/c1-5-9-13-17-21-24-27-30-33-36-38-40-42-45-47-50-53-56-60-64-68-72-85(90)98-78-83(104-87(92)74-70-66-62-58-55-52-49-46-43-41-39-37-34-31-28-25-22-18-14-10-6-2)80-102-106(95,96)100-76-81(88)75-99-105(93,94)101-79-82(77-97-84(89)71-67-63-59-20-16-12-8-4)103-86(91)73-69-65-61-57-54-51-48-44-35-32-29-26-23-19-15-11-7-3/h81-83,88H,5-80H2,1-4H3,(H,93,94)(H,95,96)/t81-,82+,83+/m0/s1. The summed E-state index contributed by atoms with van der Waals surface area (Å²) in [4.78, 5) is 73.1. The molecule has 630 valence electrons. The van der Waals surface area contributed by atoms with Crippen LogP contribution in [0.5, 0.6) is 0 Å². The van der Waals surface area contributed by atoms with Crippen molar-refractivity contribution in [2.45, 2.75) is 495 Å². The van der Waals surface area contributed by atoms with Crippen LogP contribution in [0.4, 0.5) is 0 Å². The van der Waals surface area contributed by atoms with Crippen LogP contribution in [-0.4, -0.2) is 96.7 Å². The highest BCUT2D eigenvalue weighted by Gasteiger charge is 2.30. The van der Waals surface area contributed by atoms with E-state index in [1.54, 1.807) is 0 Å². The predicted octanol–water partition coefficient (Wildman–Crippen LogP) is 26.9. The maximum atomic E-state index is 13.1. The molecule has 2 unspecified atom stereocenters. The molecule has 5 atom stereocenters. The lowest BCUT2D eigenvalue weighted by Crippen LogP contribution is -2.30. The summed E-state index contributed by atoms with van der Waals surface area (Å²) in [6.45, 7) is 5.02. The van der Waals surface area contributed by atoms with Crippen LogP contribution in [0.25, 0.3) is 0 Å². The lowest BCUT2D eigenvalue weighted by atomic mass is 10.0. The molecule has 0 aromatic rings. The fourth-order valence-corrected chi connectivity index (χ4v) is 15.3. The second kappa shape index (κ2) is 81.1. The van der Waals surface area contributed by atoms with E-state index in [4.69, 9.17) is 37.0 Å². The van der Waals surface area contributed by atoms with Crippen molar-refractivity contribution in [1.29, 1.82) is 0 Å². The van der Waals surface area contributed by atoms with E-state index < -0.39 is 97.5 Å². The third-order valence-corrected chi connectivity index (χ3v) is 22.5. The molecule has 0 aliphatic rings. The zero-order valence-corrected chi connectivity index (χ0v) is 71.2. The molecule has 0 heterocycles. The summed E-state index contributed by atoms with van der Waals surface area (Å²) in [5.74, 6) is -2.10. The minimum Gasteiger partial charge on any atom is -0.462 e. The molecule has 0 bridgehead atoms. The number of esters is 4. The van der Waals surface area contributed by atoms with Crippen LogP contribution >= 0.6 is 15.6 Å². The number of phosphoric ester groups is 2. The van der Waals surface area contributed by atoms with E-state index in [0.717, 1.165) is 103 Å². The first-order valence-corrected chi connectivity index (χ1v) is 48.3. The molecule has 0 spiro atoms. The second-order valence-corrected chi connectivity index (χ2v) is 34.2. The molecule has 0 fully saturated rings. The maximum absolute atomic E-state index is 13.1. The Kier molecular flexibility index (Phi) is 79.6. The van der Waals surface area contributed by atoms with Crippen LogP contribution in [0.2, 0.25) is 0 Å². The molecule has 0 rings (SSSR count). The summed E-state index contributed by atoms with van der Waals surface area (Å²) in [6, 6.07) is 0. The fraction of sp³-hybridized carbons (Fsp3) is 0.954. The third kappa shape index (κ3) is 80.1. The summed E-state index contributed by atoms with van der Waals surface area (Å²) < 4.78 is 68.8. The van der Waals surface area contributed by atoms with Gasteiger partial charge in [0.05, 0.1) is 26.4 Å². The Balaban J connectivity index is 5.15. The van der Waals surface area contributed by atoms with Gasteiger partial charge in [0.2, 0.25) is 0 Å². The number of hydrogen-bond acceptors (Lipinski definition) is 15. The van der Waals surface area contributed by atoms with Crippen molar-refractivity contribution >= 4 is 39.5 Å². The molecule has 0 radical (unpaired) electrons. The van der Waals surface area contributed by atoms with Crippen LogP contribution in [-0.2, 0) is 65.4 Å². The average molecular weight is 1550 g/mol. The molecule has 0 aliphatic carbocycles. The molecule has 0 aromatic carbocycles. The van der Waals surface area contributed by atoms with Crippen LogP contribution < -0.4 is 0 Å². The van der Waals surface area contributed by atoms with Crippen molar-refractivity contribution in [3.05, 3.63) is 0 Å². The Morgan fingerprint density at radius 2 is 0.377 bits per heavy atom. The second-order valence-electron chi connectivity index (χ2n) is 31.3. The van der Waals surface area contributed by atoms with Gasteiger partial charge in [0.25, 0.3) is 0 Å². The summed E-state index contributed by atoms with van der Waals surface area (Å²) in [5, 5.41) is 10.7. The van der Waals surface area contributed by atoms with Gasteiger partial charge < -0.3 is 33.8 Å². The minimum absolute atomic E-state index is 0.109. The van der Waals surface area contributed by atoms with Gasteiger partial charge in [-0.2, -0.15) is 0 Å². The normalized spacial score (nSPS) is 13.7. The number of aliphatic hydroxyl groups is 1. The molecule has 17 nitrogen and oxygen atoms in total. The monoisotopic (exact) mass is 1550 g/mol. The van der Waals surface area contributed by atoms with E-state index >= 15 is 0 Å². The molecule has 0 saturated carbocycles. The third-order valence-electron chi connectivity index (χ3n) is 20.6. The number of ether oxygens (including phenoxy) is 4. The average Bonchev–Trinajstić information content (AvgIpc) is 0.907. The van der Waals surface area contributed by atoms with E-state index in [-0.39, 0.29) is 25.7 Å². The van der Waals surface area contributed by atoms with Gasteiger partial charge in [-0.05, 0) is 25.7 Å². The Labute approximate surface area is 651 Å². The molecule has 3 N–H and O–H groups in total. The zero-order chi connectivity index (χ0) is 77.4. The van der Waals surface area contributed by atoms with E-state index in [1.807, 2.05) is 0 Å². The number of carbonyl (C=O) groups excluding carboxylic acids is 4. The Bertz CT molecular complexity index is 2000. The van der Waals surface area contributed by atoms with Crippen LogP contribution in [0.15, 0.2) is 0 Å². The van der Waals surface area contributed by atoms with E-state index in [9.17, 15) is 43.2 Å². The molecular formula is C87H170O17P2. The largest absolute Gasteiger partial charge is 0.472 e. The SMILES string of the molecule is CCCCCCCCCCCCCCCCCCCCCCCC(=O)OC[C@H](COP(=O)(O)OC[C@@H](O)COP(=O)(O)OC[C@@H](COC(=O)CCCCCCCCC)OC(=O)CCCCCCCCCCCCCCCCCCC)OC(=O)CCCCCCCCCCCCCCCCCCCCCCC. The smallest absolute Gasteiger partial charge is 0.462 e. The quantitative estimate of drug-likeness (QED) is 0.0222. The first-order valence-electron chi connectivity index (χ1n) is 45.3. The number of hydrogen-bond donors (Lipinski definition) is 3. The Morgan fingerprint density at radius 1 is 0.226 bits per heavy atom. The van der Waals surface area contributed by atoms with Crippen LogP contribution in [0, 0.1) is 0 Å². The van der Waals surface area contributed by atoms with E-state index in [2.05, 4.69) is 27.7 Å². The summed E-state index contributed by atoms with van der Waals surface area (Å²) in [6.07, 6.45) is 76.8. The van der Waals surface area contributed by atoms with Crippen molar-refractivity contribution in [2.24, 2.45) is 0 Å². The van der Waals surface area contributed by atoms with Crippen molar-refractivity contribution < 1.29 is 80.2 Å². The van der Waals surface area contributed by atoms with Crippen molar-refractivity contribution in [2.75, 3.05) is 39.6 Å². The van der Waals surface area contributed by atoms with Gasteiger partial charge in [-0.25, -0.2) is 9.13 Å². The number of unbranched alkanes of at least 4 members (excludes halogenated alkanes) is 62. The molecule has 106 heavy (non-hydrogen) atoms. The molecule has 0 aliphatic heterocycles.